The maximum Gasteiger partial charge on any atom is 0.375 e. The molecule has 1 aromatic rings. The van der Waals surface area contributed by atoms with Crippen LogP contribution in [0.1, 0.15) is 13.8 Å². The second-order valence-corrected chi connectivity index (χ2v) is 5.46. The average molecular weight is 360 g/mol. The molecule has 1 aromatic carbocycles. The van der Waals surface area contributed by atoms with Crippen LogP contribution in [-0.2, 0) is 9.53 Å². The number of ether oxygens (including phenoxy) is 2. The Balaban J connectivity index is 2.94. The molecule has 0 aromatic heterocycles. The zero-order valence-corrected chi connectivity index (χ0v) is 14.7. The molecule has 1 rings (SSSR count). The number of aliphatic imine (C=N–C) groups is 1. The van der Waals surface area contributed by atoms with Gasteiger partial charge in [0.1, 0.15) is 5.75 Å². The Hall–Kier alpha value is -1.92. The highest BCUT2D eigenvalue weighted by Gasteiger charge is 2.13. The van der Waals surface area contributed by atoms with Gasteiger partial charge in [-0.2, -0.15) is 0 Å². The SMILES string of the molecule is C=CCN=C(NNc1cc(OC(C)C)c(Cl)cc1Cl)C(=O)OC. The minimum Gasteiger partial charge on any atom is -0.489 e. The molecular formula is C15H19Cl2N3O3. The van der Waals surface area contributed by atoms with Gasteiger partial charge in [0.05, 0.1) is 35.5 Å². The summed E-state index contributed by atoms with van der Waals surface area (Å²) in [5.41, 5.74) is 5.92. The molecule has 6 nitrogen and oxygen atoms in total. The highest BCUT2D eigenvalue weighted by Crippen LogP contribution is 2.34. The molecule has 0 aliphatic rings. The number of carbonyl (C=O) groups excluding carboxylic acids is 1. The number of nitrogens with zero attached hydrogens (tertiary/aromatic N) is 1. The summed E-state index contributed by atoms with van der Waals surface area (Å²) in [6.45, 7) is 7.56. The lowest BCUT2D eigenvalue weighted by Gasteiger charge is -2.16. The van der Waals surface area contributed by atoms with E-state index >= 15 is 0 Å². The first-order valence-corrected chi connectivity index (χ1v) is 7.56. The Labute approximate surface area is 145 Å². The first-order chi connectivity index (χ1) is 10.9. The topological polar surface area (TPSA) is 72.0 Å². The molecule has 0 unspecified atom stereocenters. The Kier molecular flexibility index (Phi) is 7.71. The van der Waals surface area contributed by atoms with E-state index in [1.54, 1.807) is 18.2 Å². The van der Waals surface area contributed by atoms with E-state index < -0.39 is 5.97 Å². The van der Waals surface area contributed by atoms with Crippen molar-refractivity contribution in [2.45, 2.75) is 20.0 Å². The number of methoxy groups -OCH3 is 1. The highest BCUT2D eigenvalue weighted by atomic mass is 35.5. The van der Waals surface area contributed by atoms with Gasteiger partial charge in [0.2, 0.25) is 5.84 Å². The molecule has 126 valence electrons. The molecule has 0 saturated carbocycles. The predicted molar refractivity (Wildman–Crippen MR) is 93.5 cm³/mol. The summed E-state index contributed by atoms with van der Waals surface area (Å²) in [7, 11) is 1.26. The third kappa shape index (κ3) is 6.00. The third-order valence-corrected chi connectivity index (χ3v) is 3.07. The molecule has 2 N–H and O–H groups in total. The number of anilines is 1. The summed E-state index contributed by atoms with van der Waals surface area (Å²) in [6, 6.07) is 3.17. The lowest BCUT2D eigenvalue weighted by atomic mass is 10.3. The zero-order chi connectivity index (χ0) is 17.4. The third-order valence-electron chi connectivity index (χ3n) is 2.46. The fraction of sp³-hybridized carbons (Fsp3) is 0.333. The molecule has 0 saturated heterocycles. The number of hydrazine groups is 1. The van der Waals surface area contributed by atoms with Crippen molar-refractivity contribution in [3.63, 3.8) is 0 Å². The van der Waals surface area contributed by atoms with Gasteiger partial charge >= 0.3 is 5.97 Å². The Morgan fingerprint density at radius 2 is 2.09 bits per heavy atom. The standard InChI is InChI=1S/C15H19Cl2N3O3/c1-5-6-18-14(15(21)22-4)20-19-12-8-13(23-9(2)3)11(17)7-10(12)16/h5,7-9,19H,1,6H2,2-4H3,(H,18,20). The van der Waals surface area contributed by atoms with E-state index in [0.29, 0.717) is 21.5 Å². The van der Waals surface area contributed by atoms with Gasteiger partial charge in [-0.15, -0.1) is 6.58 Å². The number of rotatable bonds is 6. The van der Waals surface area contributed by atoms with E-state index in [-0.39, 0.29) is 18.5 Å². The number of nitrogens with one attached hydrogen (secondary N) is 2. The number of carbonyl (C=O) groups is 1. The Morgan fingerprint density at radius 1 is 1.39 bits per heavy atom. The fourth-order valence-corrected chi connectivity index (χ4v) is 1.98. The van der Waals surface area contributed by atoms with E-state index in [1.807, 2.05) is 13.8 Å². The van der Waals surface area contributed by atoms with Crippen LogP contribution in [0.15, 0.2) is 29.8 Å². The zero-order valence-electron chi connectivity index (χ0n) is 13.2. The average Bonchev–Trinajstić information content (AvgIpc) is 2.50. The smallest absolute Gasteiger partial charge is 0.375 e. The van der Waals surface area contributed by atoms with E-state index in [0.717, 1.165) is 0 Å². The van der Waals surface area contributed by atoms with Crippen LogP contribution in [0.5, 0.6) is 5.75 Å². The first kappa shape index (κ1) is 19.1. The predicted octanol–water partition coefficient (Wildman–Crippen LogP) is 3.45. The summed E-state index contributed by atoms with van der Waals surface area (Å²) in [4.78, 5) is 15.6. The van der Waals surface area contributed by atoms with Gasteiger partial charge in [0.25, 0.3) is 0 Å². The van der Waals surface area contributed by atoms with Gasteiger partial charge in [-0.1, -0.05) is 29.3 Å². The van der Waals surface area contributed by atoms with Crippen LogP contribution < -0.4 is 15.6 Å². The van der Waals surface area contributed by atoms with Crippen LogP contribution in [0.2, 0.25) is 10.0 Å². The van der Waals surface area contributed by atoms with Crippen LogP contribution in [0.3, 0.4) is 0 Å². The molecule has 8 heteroatoms. The quantitative estimate of drug-likeness (QED) is 0.267. The molecule has 0 bridgehead atoms. The summed E-state index contributed by atoms with van der Waals surface area (Å²) < 4.78 is 10.2. The maximum atomic E-state index is 11.6. The van der Waals surface area contributed by atoms with Crippen molar-refractivity contribution in [2.24, 2.45) is 4.99 Å². The monoisotopic (exact) mass is 359 g/mol. The summed E-state index contributed by atoms with van der Waals surface area (Å²) in [5.74, 6) is -0.161. The number of halogens is 2. The van der Waals surface area contributed by atoms with Crippen molar-refractivity contribution in [3.8, 4) is 5.75 Å². The minimum absolute atomic E-state index is 0.00950. The maximum absolute atomic E-state index is 11.6. The molecule has 0 heterocycles. The molecular weight excluding hydrogens is 341 g/mol. The van der Waals surface area contributed by atoms with Crippen LogP contribution in [0.25, 0.3) is 0 Å². The van der Waals surface area contributed by atoms with Crippen LogP contribution >= 0.6 is 23.2 Å². The van der Waals surface area contributed by atoms with Gasteiger partial charge in [0, 0.05) is 6.07 Å². The van der Waals surface area contributed by atoms with Crippen LogP contribution in [0.4, 0.5) is 5.69 Å². The molecule has 0 atom stereocenters. The number of amidine groups is 1. The van der Waals surface area contributed by atoms with Gasteiger partial charge in [-0.25, -0.2) is 4.79 Å². The molecule has 0 radical (unpaired) electrons. The van der Waals surface area contributed by atoms with E-state index in [4.69, 9.17) is 27.9 Å². The number of benzene rings is 1. The van der Waals surface area contributed by atoms with Crippen molar-refractivity contribution in [2.75, 3.05) is 19.1 Å². The summed E-state index contributed by atoms with van der Waals surface area (Å²) in [6.07, 6.45) is 1.50. The number of esters is 1. The molecule has 0 fully saturated rings. The number of hydrogen-bond donors (Lipinski definition) is 2. The summed E-state index contributed by atoms with van der Waals surface area (Å²) >= 11 is 12.2. The minimum atomic E-state index is -0.622. The Bertz CT molecular complexity index is 604. The van der Waals surface area contributed by atoms with Crippen LogP contribution in [0, 0.1) is 0 Å². The van der Waals surface area contributed by atoms with Crippen molar-refractivity contribution in [1.82, 2.24) is 5.43 Å². The van der Waals surface area contributed by atoms with E-state index in [9.17, 15) is 4.79 Å². The van der Waals surface area contributed by atoms with Crippen LogP contribution in [-0.4, -0.2) is 31.6 Å². The second kappa shape index (κ2) is 9.27. The van der Waals surface area contributed by atoms with Crippen molar-refractivity contribution in [1.29, 1.82) is 0 Å². The molecule has 0 aliphatic carbocycles. The van der Waals surface area contributed by atoms with Gasteiger partial charge in [-0.3, -0.25) is 15.8 Å². The molecule has 0 amide bonds. The van der Waals surface area contributed by atoms with E-state index in [1.165, 1.54) is 7.11 Å². The molecule has 0 spiro atoms. The summed E-state index contributed by atoms with van der Waals surface area (Å²) in [5, 5.41) is 0.745. The van der Waals surface area contributed by atoms with E-state index in [2.05, 4.69) is 27.2 Å². The lowest BCUT2D eigenvalue weighted by molar-refractivity contribution is -0.132. The highest BCUT2D eigenvalue weighted by molar-refractivity contribution is 6.38. The van der Waals surface area contributed by atoms with Gasteiger partial charge < -0.3 is 9.47 Å². The second-order valence-electron chi connectivity index (χ2n) is 4.65. The number of hydrogen-bond acceptors (Lipinski definition) is 5. The first-order valence-electron chi connectivity index (χ1n) is 6.80. The van der Waals surface area contributed by atoms with Gasteiger partial charge in [-0.05, 0) is 19.9 Å². The largest absolute Gasteiger partial charge is 0.489 e. The fourth-order valence-electron chi connectivity index (χ4n) is 1.50. The van der Waals surface area contributed by atoms with Gasteiger partial charge in [0.15, 0.2) is 0 Å². The molecule has 23 heavy (non-hydrogen) atoms. The van der Waals surface area contributed by atoms with Crippen molar-refractivity contribution < 1.29 is 14.3 Å². The Morgan fingerprint density at radius 3 is 2.65 bits per heavy atom. The van der Waals surface area contributed by atoms with Crippen molar-refractivity contribution >= 4 is 40.7 Å². The van der Waals surface area contributed by atoms with Crippen molar-refractivity contribution in [3.05, 3.63) is 34.8 Å². The molecule has 0 aliphatic heterocycles. The normalized spacial score (nSPS) is 11.1. The lowest BCUT2D eigenvalue weighted by Crippen LogP contribution is -2.36.